The SMILES string of the molecule is NC1CCC12COC2. The highest BCUT2D eigenvalue weighted by molar-refractivity contribution is 5.02. The summed E-state index contributed by atoms with van der Waals surface area (Å²) >= 11 is 0. The van der Waals surface area contributed by atoms with E-state index in [2.05, 4.69) is 0 Å². The Morgan fingerprint density at radius 1 is 1.50 bits per heavy atom. The predicted molar refractivity (Wildman–Crippen MR) is 30.5 cm³/mol. The van der Waals surface area contributed by atoms with Crippen LogP contribution in [0.4, 0.5) is 0 Å². The van der Waals surface area contributed by atoms with Crippen molar-refractivity contribution in [2.45, 2.75) is 18.9 Å². The van der Waals surface area contributed by atoms with Crippen LogP contribution >= 0.6 is 0 Å². The number of hydrogen-bond donors (Lipinski definition) is 1. The van der Waals surface area contributed by atoms with Crippen molar-refractivity contribution in [3.63, 3.8) is 0 Å². The Morgan fingerprint density at radius 2 is 2.25 bits per heavy atom. The van der Waals surface area contributed by atoms with Gasteiger partial charge in [-0.2, -0.15) is 0 Å². The third-order valence-electron chi connectivity index (χ3n) is 2.52. The average molecular weight is 113 g/mol. The molecule has 8 heavy (non-hydrogen) atoms. The lowest BCUT2D eigenvalue weighted by Crippen LogP contribution is -2.61. The van der Waals surface area contributed by atoms with E-state index in [-0.39, 0.29) is 0 Å². The minimum atomic E-state index is 0.455. The Morgan fingerprint density at radius 3 is 2.25 bits per heavy atom. The van der Waals surface area contributed by atoms with Gasteiger partial charge >= 0.3 is 0 Å². The molecule has 1 aliphatic heterocycles. The fraction of sp³-hybridized carbons (Fsp3) is 1.00. The predicted octanol–water partition coefficient (Wildman–Crippen LogP) is 0.124. The molecule has 2 nitrogen and oxygen atoms in total. The first-order chi connectivity index (χ1) is 3.83. The van der Waals surface area contributed by atoms with Gasteiger partial charge in [0, 0.05) is 11.5 Å². The molecule has 1 aliphatic carbocycles. The van der Waals surface area contributed by atoms with Crippen LogP contribution in [-0.4, -0.2) is 19.3 Å². The van der Waals surface area contributed by atoms with Crippen LogP contribution in [0.15, 0.2) is 0 Å². The third kappa shape index (κ3) is 0.361. The van der Waals surface area contributed by atoms with Gasteiger partial charge in [0.15, 0.2) is 0 Å². The molecule has 2 N–H and O–H groups in total. The Kier molecular flexibility index (Phi) is 0.746. The molecule has 0 aromatic rings. The van der Waals surface area contributed by atoms with Crippen molar-refractivity contribution in [1.82, 2.24) is 0 Å². The summed E-state index contributed by atoms with van der Waals surface area (Å²) < 4.78 is 5.07. The molecular formula is C6H11NO. The van der Waals surface area contributed by atoms with Gasteiger partial charge in [-0.15, -0.1) is 0 Å². The van der Waals surface area contributed by atoms with Crippen molar-refractivity contribution < 1.29 is 4.74 Å². The average Bonchev–Trinajstić information content (AvgIpc) is 1.58. The number of ether oxygens (including phenoxy) is 1. The molecule has 2 aliphatic rings. The van der Waals surface area contributed by atoms with Crippen LogP contribution in [-0.2, 0) is 4.74 Å². The summed E-state index contributed by atoms with van der Waals surface area (Å²) in [7, 11) is 0. The first-order valence-electron chi connectivity index (χ1n) is 3.17. The molecular weight excluding hydrogens is 102 g/mol. The van der Waals surface area contributed by atoms with E-state index in [4.69, 9.17) is 10.5 Å². The monoisotopic (exact) mass is 113 g/mol. The zero-order chi connectivity index (χ0) is 5.61. The number of nitrogens with two attached hydrogens (primary N) is 1. The number of hydrogen-bond acceptors (Lipinski definition) is 2. The highest BCUT2D eigenvalue weighted by atomic mass is 16.5. The zero-order valence-electron chi connectivity index (χ0n) is 4.89. The third-order valence-corrected chi connectivity index (χ3v) is 2.52. The smallest absolute Gasteiger partial charge is 0.0559 e. The quantitative estimate of drug-likeness (QED) is 0.484. The van der Waals surface area contributed by atoms with E-state index in [0.29, 0.717) is 11.5 Å². The van der Waals surface area contributed by atoms with E-state index in [9.17, 15) is 0 Å². The first kappa shape index (κ1) is 4.77. The van der Waals surface area contributed by atoms with Crippen molar-refractivity contribution >= 4 is 0 Å². The van der Waals surface area contributed by atoms with Gasteiger partial charge in [0.1, 0.15) is 0 Å². The molecule has 0 radical (unpaired) electrons. The lowest BCUT2D eigenvalue weighted by Gasteiger charge is -2.53. The second-order valence-electron chi connectivity index (χ2n) is 3.00. The van der Waals surface area contributed by atoms with E-state index >= 15 is 0 Å². The molecule has 1 saturated carbocycles. The lowest BCUT2D eigenvalue weighted by atomic mass is 9.63. The molecule has 1 unspecified atom stereocenters. The molecule has 2 heteroatoms. The minimum Gasteiger partial charge on any atom is -0.380 e. The van der Waals surface area contributed by atoms with Crippen LogP contribution in [0, 0.1) is 5.41 Å². The Labute approximate surface area is 49.0 Å². The second-order valence-corrected chi connectivity index (χ2v) is 3.00. The maximum absolute atomic E-state index is 5.74. The van der Waals surface area contributed by atoms with Crippen LogP contribution in [0.3, 0.4) is 0 Å². The Bertz CT molecular complexity index is 104. The van der Waals surface area contributed by atoms with Crippen LogP contribution in [0.25, 0.3) is 0 Å². The van der Waals surface area contributed by atoms with Crippen molar-refractivity contribution in [2.75, 3.05) is 13.2 Å². The van der Waals surface area contributed by atoms with Gasteiger partial charge in [-0.05, 0) is 12.8 Å². The summed E-state index contributed by atoms with van der Waals surface area (Å²) in [5.41, 5.74) is 6.20. The summed E-state index contributed by atoms with van der Waals surface area (Å²) in [5.74, 6) is 0. The van der Waals surface area contributed by atoms with E-state index < -0.39 is 0 Å². The topological polar surface area (TPSA) is 35.2 Å². The standard InChI is InChI=1S/C6H11NO/c7-5-1-2-6(5)3-8-4-6/h5H,1-4,7H2. The van der Waals surface area contributed by atoms with Crippen LogP contribution < -0.4 is 5.73 Å². The maximum Gasteiger partial charge on any atom is 0.0559 e. The minimum absolute atomic E-state index is 0.455. The van der Waals surface area contributed by atoms with Crippen molar-refractivity contribution in [1.29, 1.82) is 0 Å². The van der Waals surface area contributed by atoms with Gasteiger partial charge in [0.25, 0.3) is 0 Å². The Balaban J connectivity index is 2.03. The summed E-state index contributed by atoms with van der Waals surface area (Å²) in [6, 6.07) is 0.455. The fourth-order valence-corrected chi connectivity index (χ4v) is 1.44. The van der Waals surface area contributed by atoms with Gasteiger partial charge in [-0.25, -0.2) is 0 Å². The normalized spacial score (nSPS) is 40.9. The van der Waals surface area contributed by atoms with Crippen LogP contribution in [0.2, 0.25) is 0 Å². The van der Waals surface area contributed by atoms with Gasteiger partial charge in [-0.3, -0.25) is 0 Å². The van der Waals surface area contributed by atoms with Gasteiger partial charge < -0.3 is 10.5 Å². The summed E-state index contributed by atoms with van der Waals surface area (Å²) in [6.45, 7) is 1.85. The highest BCUT2D eigenvalue weighted by Crippen LogP contribution is 2.45. The second kappa shape index (κ2) is 1.25. The van der Waals surface area contributed by atoms with Crippen molar-refractivity contribution in [3.8, 4) is 0 Å². The van der Waals surface area contributed by atoms with E-state index in [1.807, 2.05) is 0 Å². The van der Waals surface area contributed by atoms with Crippen LogP contribution in [0.5, 0.6) is 0 Å². The van der Waals surface area contributed by atoms with Gasteiger partial charge in [0.05, 0.1) is 13.2 Å². The molecule has 46 valence electrons. The zero-order valence-corrected chi connectivity index (χ0v) is 4.89. The molecule has 1 saturated heterocycles. The first-order valence-corrected chi connectivity index (χ1v) is 3.17. The molecule has 0 aromatic carbocycles. The summed E-state index contributed by atoms with van der Waals surface area (Å²) in [5, 5.41) is 0. The van der Waals surface area contributed by atoms with E-state index in [1.165, 1.54) is 12.8 Å². The number of rotatable bonds is 0. The molecule has 2 fully saturated rings. The summed E-state index contributed by atoms with van der Waals surface area (Å²) in [6.07, 6.45) is 2.51. The summed E-state index contributed by atoms with van der Waals surface area (Å²) in [4.78, 5) is 0. The Hall–Kier alpha value is -0.0800. The molecule has 2 rings (SSSR count). The molecule has 1 spiro atoms. The molecule has 1 heterocycles. The molecule has 0 aromatic heterocycles. The molecule has 0 bridgehead atoms. The van der Waals surface area contributed by atoms with E-state index in [1.54, 1.807) is 0 Å². The van der Waals surface area contributed by atoms with Crippen molar-refractivity contribution in [3.05, 3.63) is 0 Å². The largest absolute Gasteiger partial charge is 0.380 e. The lowest BCUT2D eigenvalue weighted by molar-refractivity contribution is -0.167. The maximum atomic E-state index is 5.74. The van der Waals surface area contributed by atoms with Gasteiger partial charge in [0.2, 0.25) is 0 Å². The van der Waals surface area contributed by atoms with Crippen LogP contribution in [0.1, 0.15) is 12.8 Å². The van der Waals surface area contributed by atoms with Crippen molar-refractivity contribution in [2.24, 2.45) is 11.1 Å². The fourth-order valence-electron chi connectivity index (χ4n) is 1.44. The van der Waals surface area contributed by atoms with Gasteiger partial charge in [-0.1, -0.05) is 0 Å². The molecule has 0 amide bonds. The molecule has 1 atom stereocenters. The van der Waals surface area contributed by atoms with E-state index in [0.717, 1.165) is 13.2 Å². The highest BCUT2D eigenvalue weighted by Gasteiger charge is 2.50.